The van der Waals surface area contributed by atoms with Gasteiger partial charge in [0.15, 0.2) is 11.5 Å². The Morgan fingerprint density at radius 2 is 1.71 bits per heavy atom. The van der Waals surface area contributed by atoms with Crippen LogP contribution < -0.4 is 16.0 Å². The summed E-state index contributed by atoms with van der Waals surface area (Å²) in [6, 6.07) is 16.3. The van der Waals surface area contributed by atoms with Gasteiger partial charge in [-0.1, -0.05) is 61.3 Å². The van der Waals surface area contributed by atoms with E-state index < -0.39 is 11.4 Å². The number of nitrogens with one attached hydrogen (secondary N) is 3. The molecule has 0 aliphatic carbocycles. The van der Waals surface area contributed by atoms with Crippen molar-refractivity contribution in [3.8, 4) is 11.1 Å². The Kier molecular flexibility index (Phi) is 9.37. The molecule has 48 heavy (non-hydrogen) atoms. The average Bonchev–Trinajstić information content (AvgIpc) is 3.52. The van der Waals surface area contributed by atoms with E-state index in [1.165, 1.54) is 7.11 Å². The zero-order valence-electron chi connectivity index (χ0n) is 27.3. The zero-order valence-corrected chi connectivity index (χ0v) is 28.8. The van der Waals surface area contributed by atoms with E-state index in [0.29, 0.717) is 56.3 Å². The predicted molar refractivity (Wildman–Crippen MR) is 188 cm³/mol. The molecule has 248 valence electrons. The number of pyridine rings is 1. The van der Waals surface area contributed by atoms with Crippen LogP contribution in [0.5, 0.6) is 0 Å². The van der Waals surface area contributed by atoms with Crippen LogP contribution in [0.1, 0.15) is 74.5 Å². The quantitative estimate of drug-likeness (QED) is 0.133. The molecular weight excluding hydrogens is 651 g/mol. The van der Waals surface area contributed by atoms with Crippen LogP contribution in [0, 0.1) is 0 Å². The van der Waals surface area contributed by atoms with E-state index in [0.717, 1.165) is 24.1 Å². The van der Waals surface area contributed by atoms with Crippen molar-refractivity contribution in [3.63, 3.8) is 0 Å². The first kappa shape index (κ1) is 33.3. The maximum absolute atomic E-state index is 13.5. The number of esters is 1. The van der Waals surface area contributed by atoms with Gasteiger partial charge in [0, 0.05) is 29.8 Å². The highest BCUT2D eigenvalue weighted by Gasteiger charge is 2.34. The molecular formula is C35H36Cl2N8O3. The van der Waals surface area contributed by atoms with Crippen LogP contribution in [0.15, 0.2) is 60.8 Å². The van der Waals surface area contributed by atoms with Gasteiger partial charge in [0.05, 0.1) is 45.8 Å². The minimum absolute atomic E-state index is 0.109. The number of aryl methyl sites for hydroxylation is 1. The summed E-state index contributed by atoms with van der Waals surface area (Å²) < 4.78 is 6.76. The fourth-order valence-electron chi connectivity index (χ4n) is 5.81. The van der Waals surface area contributed by atoms with Gasteiger partial charge >= 0.3 is 5.97 Å². The third-order valence-corrected chi connectivity index (χ3v) is 9.09. The molecule has 1 aliphatic heterocycles. The van der Waals surface area contributed by atoms with Crippen LogP contribution in [0.3, 0.4) is 0 Å². The molecule has 2 aromatic carbocycles. The zero-order chi connectivity index (χ0) is 34.2. The summed E-state index contributed by atoms with van der Waals surface area (Å²) in [5.74, 6) is 0.565. The number of benzene rings is 2. The maximum Gasteiger partial charge on any atom is 0.325 e. The van der Waals surface area contributed by atoms with E-state index in [4.69, 9.17) is 32.9 Å². The van der Waals surface area contributed by atoms with Crippen molar-refractivity contribution in [3.05, 3.63) is 88.1 Å². The second-order valence-corrected chi connectivity index (χ2v) is 13.3. The first-order valence-corrected chi connectivity index (χ1v) is 16.4. The molecule has 0 saturated carbocycles. The number of anilines is 3. The van der Waals surface area contributed by atoms with Gasteiger partial charge in [0.1, 0.15) is 16.9 Å². The van der Waals surface area contributed by atoms with Crippen LogP contribution in [0.4, 0.5) is 17.2 Å². The van der Waals surface area contributed by atoms with Gasteiger partial charge in [-0.05, 0) is 57.0 Å². The largest absolute Gasteiger partial charge is 0.468 e. The summed E-state index contributed by atoms with van der Waals surface area (Å²) >= 11 is 13.9. The van der Waals surface area contributed by atoms with Gasteiger partial charge in [0.2, 0.25) is 0 Å². The van der Waals surface area contributed by atoms with E-state index in [-0.39, 0.29) is 23.6 Å². The first-order chi connectivity index (χ1) is 23.0. The highest BCUT2D eigenvalue weighted by molar-refractivity contribution is 6.39. The SMILES string of the molecule is COC(=O)C(C)(C)N[C@H]1CCCn2nc(C(=O)Nc3cccc(-c4cccc(Nc5nc(C(C)C)nc6cccnc56)c4Cl)c3Cl)cc21. The Bertz CT molecular complexity index is 2030. The molecule has 0 spiro atoms. The number of carbonyl (C=O) groups is 2. The molecule has 3 N–H and O–H groups in total. The number of halogens is 2. The third kappa shape index (κ3) is 6.58. The molecule has 0 radical (unpaired) electrons. The Morgan fingerprint density at radius 1 is 1.00 bits per heavy atom. The number of carbonyl (C=O) groups excluding carboxylic acids is 2. The van der Waals surface area contributed by atoms with E-state index in [1.54, 1.807) is 42.9 Å². The van der Waals surface area contributed by atoms with Crippen LogP contribution in [0.25, 0.3) is 22.2 Å². The molecule has 5 aromatic rings. The van der Waals surface area contributed by atoms with Crippen molar-refractivity contribution in [2.24, 2.45) is 0 Å². The molecule has 0 bridgehead atoms. The lowest BCUT2D eigenvalue weighted by molar-refractivity contribution is -0.147. The number of methoxy groups -OCH3 is 1. The molecule has 4 heterocycles. The molecule has 1 amide bonds. The van der Waals surface area contributed by atoms with Crippen molar-refractivity contribution in [2.75, 3.05) is 17.7 Å². The van der Waals surface area contributed by atoms with Crippen molar-refractivity contribution < 1.29 is 14.3 Å². The minimum atomic E-state index is -0.910. The van der Waals surface area contributed by atoms with E-state index in [9.17, 15) is 9.59 Å². The number of hydrogen-bond acceptors (Lipinski definition) is 9. The maximum atomic E-state index is 13.5. The molecule has 1 aliphatic rings. The normalized spacial score (nSPS) is 14.5. The van der Waals surface area contributed by atoms with Gasteiger partial charge in [-0.15, -0.1) is 0 Å². The van der Waals surface area contributed by atoms with E-state index in [2.05, 4.69) is 31.0 Å². The molecule has 13 heteroatoms. The van der Waals surface area contributed by atoms with Crippen molar-refractivity contribution in [1.82, 2.24) is 30.0 Å². The fourth-order valence-corrected chi connectivity index (χ4v) is 6.36. The lowest BCUT2D eigenvalue weighted by Gasteiger charge is -2.32. The molecule has 0 saturated heterocycles. The molecule has 3 aromatic heterocycles. The number of rotatable bonds is 9. The third-order valence-electron chi connectivity index (χ3n) is 8.27. The second-order valence-electron chi connectivity index (χ2n) is 12.5. The lowest BCUT2D eigenvalue weighted by atomic mass is 9.98. The van der Waals surface area contributed by atoms with Crippen LogP contribution in [-0.2, 0) is 16.1 Å². The van der Waals surface area contributed by atoms with Gasteiger partial charge < -0.3 is 15.4 Å². The number of fused-ring (bicyclic) bond motifs is 2. The number of nitrogens with zero attached hydrogens (tertiary/aromatic N) is 5. The average molecular weight is 688 g/mol. The lowest BCUT2D eigenvalue weighted by Crippen LogP contribution is -2.50. The van der Waals surface area contributed by atoms with Gasteiger partial charge in [-0.3, -0.25) is 24.6 Å². The Morgan fingerprint density at radius 3 is 2.42 bits per heavy atom. The van der Waals surface area contributed by atoms with Gasteiger partial charge in [-0.2, -0.15) is 5.10 Å². The summed E-state index contributed by atoms with van der Waals surface area (Å²) in [7, 11) is 1.36. The smallest absolute Gasteiger partial charge is 0.325 e. The van der Waals surface area contributed by atoms with Crippen molar-refractivity contribution in [2.45, 2.75) is 64.6 Å². The number of ether oxygens (including phenoxy) is 1. The molecule has 11 nitrogen and oxygen atoms in total. The highest BCUT2D eigenvalue weighted by atomic mass is 35.5. The standard InChI is InChI=1S/C35H36Cl2N8O3/c1-19(2)31-40-25-14-8-16-38-30(25)32(42-31)39-23-12-6-10-20(28(23)36)21-11-7-13-24(29(21)37)41-33(46)26-18-27-22(15-9-17-45(27)44-26)43-35(3,4)34(47)48-5/h6-8,10-14,16,18-19,22,43H,9,15,17H2,1-5H3,(H,41,46)(H,39,40,42)/t22-/m0/s1. The highest BCUT2D eigenvalue weighted by Crippen LogP contribution is 2.41. The number of aromatic nitrogens is 5. The topological polar surface area (TPSA) is 136 Å². The van der Waals surface area contributed by atoms with Gasteiger partial charge in [-0.25, -0.2) is 9.97 Å². The van der Waals surface area contributed by atoms with Crippen molar-refractivity contribution >= 4 is 63.3 Å². The van der Waals surface area contributed by atoms with Crippen LogP contribution >= 0.6 is 23.2 Å². The minimum Gasteiger partial charge on any atom is -0.468 e. The molecule has 1 atom stereocenters. The molecule has 0 unspecified atom stereocenters. The Balaban J connectivity index is 1.26. The van der Waals surface area contributed by atoms with Crippen molar-refractivity contribution in [1.29, 1.82) is 0 Å². The summed E-state index contributed by atoms with van der Waals surface area (Å²) in [6.45, 7) is 8.27. The summed E-state index contributed by atoms with van der Waals surface area (Å²) in [5.41, 5.74) is 3.84. The first-order valence-electron chi connectivity index (χ1n) is 15.7. The molecule has 6 rings (SSSR count). The summed E-state index contributed by atoms with van der Waals surface area (Å²) in [6.07, 6.45) is 3.33. The van der Waals surface area contributed by atoms with E-state index >= 15 is 0 Å². The number of amides is 1. The monoisotopic (exact) mass is 686 g/mol. The van der Waals surface area contributed by atoms with Crippen LogP contribution in [0.2, 0.25) is 10.0 Å². The summed E-state index contributed by atoms with van der Waals surface area (Å²) in [5, 5.41) is 15.0. The number of hydrogen-bond donors (Lipinski definition) is 3. The summed E-state index contributed by atoms with van der Waals surface area (Å²) in [4.78, 5) is 39.7. The van der Waals surface area contributed by atoms with Crippen LogP contribution in [-0.4, -0.2) is 49.3 Å². The van der Waals surface area contributed by atoms with E-state index in [1.807, 2.05) is 50.2 Å². The Hall–Kier alpha value is -4.58. The molecule has 0 fully saturated rings. The second kappa shape index (κ2) is 13.5. The fraction of sp³-hybridized carbons (Fsp3) is 0.314. The predicted octanol–water partition coefficient (Wildman–Crippen LogP) is 7.69. The Labute approximate surface area is 288 Å². The van der Waals surface area contributed by atoms with Gasteiger partial charge in [0.25, 0.3) is 5.91 Å².